The van der Waals surface area contributed by atoms with Gasteiger partial charge >= 0.3 is 5.97 Å². The number of methoxy groups -OCH3 is 1. The van der Waals surface area contributed by atoms with E-state index in [9.17, 15) is 13.6 Å². The van der Waals surface area contributed by atoms with Crippen molar-refractivity contribution in [1.29, 1.82) is 0 Å². The molecule has 0 radical (unpaired) electrons. The summed E-state index contributed by atoms with van der Waals surface area (Å²) in [7, 11) is 1.09. The fourth-order valence-electron chi connectivity index (χ4n) is 0.939. The highest BCUT2D eigenvalue weighted by Gasteiger charge is 2.25. The van der Waals surface area contributed by atoms with Crippen molar-refractivity contribution in [3.8, 4) is 0 Å². The van der Waals surface area contributed by atoms with Gasteiger partial charge in [-0.3, -0.25) is 0 Å². The summed E-state index contributed by atoms with van der Waals surface area (Å²) in [5.41, 5.74) is -1.00. The van der Waals surface area contributed by atoms with Crippen LogP contribution in [0.25, 0.3) is 0 Å². The van der Waals surface area contributed by atoms with E-state index in [0.29, 0.717) is 0 Å². The molecule has 7 heteroatoms. The molecule has 0 aromatic carbocycles. The van der Waals surface area contributed by atoms with Gasteiger partial charge in [-0.25, -0.2) is 18.6 Å². The predicted octanol–water partition coefficient (Wildman–Crippen LogP) is 3.22. The molecule has 0 bridgehead atoms. The summed E-state index contributed by atoms with van der Waals surface area (Å²) in [5, 5.41) is 0.0120. The average molecular weight is 300 g/mol. The third-order valence-electron chi connectivity index (χ3n) is 1.61. The number of carbonyl (C=O) groups excluding carboxylic acids is 1. The Morgan fingerprint density at radius 2 is 2.27 bits per heavy atom. The fraction of sp³-hybridized carbons (Fsp3) is 0.250. The smallest absolute Gasteiger partial charge is 0.357 e. The molecule has 0 amide bonds. The number of esters is 1. The SMILES string of the molecule is COC(=O)c1ncc(Cl)c(Br)c1C(F)F. The number of halogens is 4. The Bertz CT molecular complexity index is 400. The lowest BCUT2D eigenvalue weighted by Crippen LogP contribution is -2.09. The van der Waals surface area contributed by atoms with Gasteiger partial charge in [-0.05, 0) is 15.9 Å². The van der Waals surface area contributed by atoms with Crippen LogP contribution < -0.4 is 0 Å². The van der Waals surface area contributed by atoms with Crippen molar-refractivity contribution < 1.29 is 18.3 Å². The molecule has 0 spiro atoms. The summed E-state index contributed by atoms with van der Waals surface area (Å²) in [4.78, 5) is 14.6. The van der Waals surface area contributed by atoms with Crippen LogP contribution in [0.1, 0.15) is 22.5 Å². The number of hydrogen-bond acceptors (Lipinski definition) is 3. The Labute approximate surface area is 97.5 Å². The third-order valence-corrected chi connectivity index (χ3v) is 2.97. The Morgan fingerprint density at radius 3 is 2.73 bits per heavy atom. The number of pyridine rings is 1. The lowest BCUT2D eigenvalue weighted by molar-refractivity contribution is 0.0581. The van der Waals surface area contributed by atoms with Crippen LogP contribution in [0.15, 0.2) is 10.7 Å². The molecule has 1 aromatic rings. The van der Waals surface area contributed by atoms with Crippen LogP contribution in [0, 0.1) is 0 Å². The molecule has 1 aromatic heterocycles. The molecule has 1 rings (SSSR count). The Morgan fingerprint density at radius 1 is 1.67 bits per heavy atom. The molecule has 0 aliphatic carbocycles. The normalized spacial score (nSPS) is 10.5. The summed E-state index contributed by atoms with van der Waals surface area (Å²) in [5.74, 6) is -0.928. The maximum atomic E-state index is 12.6. The molecule has 0 saturated heterocycles. The Hall–Kier alpha value is -0.750. The van der Waals surface area contributed by atoms with Crippen molar-refractivity contribution in [3.05, 3.63) is 26.9 Å². The van der Waals surface area contributed by atoms with Crippen LogP contribution in [-0.2, 0) is 4.74 Å². The Balaban J connectivity index is 3.40. The zero-order valence-electron chi connectivity index (χ0n) is 7.43. The van der Waals surface area contributed by atoms with Gasteiger partial charge < -0.3 is 4.74 Å². The number of ether oxygens (including phenoxy) is 1. The van der Waals surface area contributed by atoms with Gasteiger partial charge in [0.05, 0.1) is 17.7 Å². The first kappa shape index (κ1) is 12.3. The van der Waals surface area contributed by atoms with Gasteiger partial charge in [0.2, 0.25) is 0 Å². The van der Waals surface area contributed by atoms with E-state index in [1.54, 1.807) is 0 Å². The summed E-state index contributed by atoms with van der Waals surface area (Å²) >= 11 is 8.45. The van der Waals surface area contributed by atoms with E-state index < -0.39 is 23.7 Å². The first-order valence-corrected chi connectivity index (χ1v) is 4.86. The number of nitrogens with zero attached hydrogens (tertiary/aromatic N) is 1. The van der Waals surface area contributed by atoms with Crippen LogP contribution in [0.3, 0.4) is 0 Å². The summed E-state index contributed by atoms with van der Waals surface area (Å²) in [6.07, 6.45) is -1.76. The van der Waals surface area contributed by atoms with Crippen molar-refractivity contribution >= 4 is 33.5 Å². The lowest BCUT2D eigenvalue weighted by atomic mass is 10.2. The van der Waals surface area contributed by atoms with Gasteiger partial charge in [0.1, 0.15) is 0 Å². The maximum Gasteiger partial charge on any atom is 0.357 e. The zero-order valence-corrected chi connectivity index (χ0v) is 9.77. The second-order valence-electron chi connectivity index (χ2n) is 2.47. The maximum absolute atomic E-state index is 12.6. The number of carbonyl (C=O) groups is 1. The summed E-state index contributed by atoms with van der Waals surface area (Å²) in [6, 6.07) is 0. The largest absolute Gasteiger partial charge is 0.464 e. The molecule has 0 unspecified atom stereocenters. The van der Waals surface area contributed by atoms with Crippen LogP contribution in [0.5, 0.6) is 0 Å². The zero-order chi connectivity index (χ0) is 11.6. The van der Waals surface area contributed by atoms with Gasteiger partial charge in [-0.2, -0.15) is 0 Å². The molecular formula is C8H5BrClF2NO2. The molecular weight excluding hydrogens is 295 g/mol. The minimum absolute atomic E-state index is 0.0120. The highest BCUT2D eigenvalue weighted by Crippen LogP contribution is 2.34. The van der Waals surface area contributed by atoms with E-state index in [4.69, 9.17) is 11.6 Å². The Kier molecular flexibility index (Phi) is 3.98. The van der Waals surface area contributed by atoms with Gasteiger partial charge in [0.25, 0.3) is 6.43 Å². The minimum Gasteiger partial charge on any atom is -0.464 e. The van der Waals surface area contributed by atoms with Crippen LogP contribution in [0.2, 0.25) is 5.02 Å². The molecule has 1 heterocycles. The van der Waals surface area contributed by atoms with Crippen molar-refractivity contribution in [2.75, 3.05) is 7.11 Å². The number of aromatic nitrogens is 1. The van der Waals surface area contributed by atoms with E-state index in [1.807, 2.05) is 0 Å². The quantitative estimate of drug-likeness (QED) is 0.787. The van der Waals surface area contributed by atoms with Gasteiger partial charge in [0, 0.05) is 10.7 Å². The van der Waals surface area contributed by atoms with Crippen molar-refractivity contribution in [3.63, 3.8) is 0 Å². The molecule has 0 fully saturated rings. The van der Waals surface area contributed by atoms with Gasteiger partial charge in [-0.15, -0.1) is 0 Å². The number of alkyl halides is 2. The van der Waals surface area contributed by atoms with E-state index in [2.05, 4.69) is 25.7 Å². The molecule has 15 heavy (non-hydrogen) atoms. The van der Waals surface area contributed by atoms with Crippen molar-refractivity contribution in [2.24, 2.45) is 0 Å². The van der Waals surface area contributed by atoms with Crippen LogP contribution in [0.4, 0.5) is 8.78 Å². The lowest BCUT2D eigenvalue weighted by Gasteiger charge is -2.09. The third kappa shape index (κ3) is 2.43. The fourth-order valence-corrected chi connectivity index (χ4v) is 1.55. The highest BCUT2D eigenvalue weighted by atomic mass is 79.9. The van der Waals surface area contributed by atoms with Gasteiger partial charge in [0.15, 0.2) is 5.69 Å². The monoisotopic (exact) mass is 299 g/mol. The van der Waals surface area contributed by atoms with E-state index in [1.165, 1.54) is 0 Å². The van der Waals surface area contributed by atoms with Crippen LogP contribution >= 0.6 is 27.5 Å². The molecule has 0 N–H and O–H groups in total. The van der Waals surface area contributed by atoms with E-state index in [-0.39, 0.29) is 9.50 Å². The minimum atomic E-state index is -2.86. The van der Waals surface area contributed by atoms with E-state index >= 15 is 0 Å². The summed E-state index contributed by atoms with van der Waals surface area (Å²) in [6.45, 7) is 0. The molecule has 3 nitrogen and oxygen atoms in total. The summed E-state index contributed by atoms with van der Waals surface area (Å²) < 4.78 is 29.5. The molecule has 0 saturated carbocycles. The second-order valence-corrected chi connectivity index (χ2v) is 3.67. The number of rotatable bonds is 2. The second kappa shape index (κ2) is 4.85. The topological polar surface area (TPSA) is 39.2 Å². The molecule has 0 aliphatic heterocycles. The molecule has 0 atom stereocenters. The highest BCUT2D eigenvalue weighted by molar-refractivity contribution is 9.10. The van der Waals surface area contributed by atoms with E-state index in [0.717, 1.165) is 13.3 Å². The van der Waals surface area contributed by atoms with Crippen molar-refractivity contribution in [2.45, 2.75) is 6.43 Å². The van der Waals surface area contributed by atoms with Gasteiger partial charge in [-0.1, -0.05) is 11.6 Å². The standard InChI is InChI=1S/C8H5BrClF2NO2/c1-15-8(14)6-4(7(11)12)5(9)3(10)2-13-6/h2,7H,1H3. The predicted molar refractivity (Wildman–Crippen MR) is 53.2 cm³/mol. The van der Waals surface area contributed by atoms with Crippen molar-refractivity contribution in [1.82, 2.24) is 4.98 Å². The first-order valence-electron chi connectivity index (χ1n) is 3.69. The van der Waals surface area contributed by atoms with Crippen LogP contribution in [-0.4, -0.2) is 18.1 Å². The first-order chi connectivity index (χ1) is 6.99. The number of hydrogen-bond donors (Lipinski definition) is 0. The molecule has 0 aliphatic rings. The molecule has 82 valence electrons. The average Bonchev–Trinajstić information content (AvgIpc) is 2.20.